The van der Waals surface area contributed by atoms with Crippen molar-refractivity contribution in [1.29, 1.82) is 0 Å². The van der Waals surface area contributed by atoms with Crippen molar-refractivity contribution in [2.75, 3.05) is 49.1 Å². The molecule has 6 nitrogen and oxygen atoms in total. The van der Waals surface area contributed by atoms with Gasteiger partial charge in [0.25, 0.3) is 0 Å². The van der Waals surface area contributed by atoms with Gasteiger partial charge >= 0.3 is 6.09 Å². The number of rotatable bonds is 4. The molecule has 0 aliphatic carbocycles. The minimum absolute atomic E-state index is 0.300. The van der Waals surface area contributed by atoms with Crippen LogP contribution in [0, 0.1) is 5.82 Å². The Morgan fingerprint density at radius 2 is 2.21 bits per heavy atom. The van der Waals surface area contributed by atoms with Gasteiger partial charge < -0.3 is 20.3 Å². The summed E-state index contributed by atoms with van der Waals surface area (Å²) in [6.45, 7) is 5.83. The lowest BCUT2D eigenvalue weighted by Crippen LogP contribution is -2.43. The van der Waals surface area contributed by atoms with Crippen LogP contribution >= 0.6 is 12.2 Å². The normalized spacial score (nSPS) is 20.9. The highest BCUT2D eigenvalue weighted by Crippen LogP contribution is 2.28. The van der Waals surface area contributed by atoms with Gasteiger partial charge in [-0.2, -0.15) is 0 Å². The summed E-state index contributed by atoms with van der Waals surface area (Å²) in [5, 5.41) is 6.23. The summed E-state index contributed by atoms with van der Waals surface area (Å²) in [5.41, 5.74) is 1.08. The van der Waals surface area contributed by atoms with Crippen molar-refractivity contribution in [3.05, 3.63) is 24.0 Å². The van der Waals surface area contributed by atoms with E-state index in [1.165, 1.54) is 11.0 Å². The highest BCUT2D eigenvalue weighted by Gasteiger charge is 2.32. The third-order valence-corrected chi connectivity index (χ3v) is 4.30. The third-order valence-electron chi connectivity index (χ3n) is 4.15. The van der Waals surface area contributed by atoms with E-state index < -0.39 is 6.09 Å². The van der Waals surface area contributed by atoms with E-state index in [-0.39, 0.29) is 11.9 Å². The van der Waals surface area contributed by atoms with Crippen LogP contribution in [0.5, 0.6) is 0 Å². The molecule has 1 atom stereocenters. The lowest BCUT2D eigenvalue weighted by Gasteiger charge is -2.30. The molecule has 0 bridgehead atoms. The van der Waals surface area contributed by atoms with Crippen LogP contribution in [0.3, 0.4) is 0 Å². The zero-order chi connectivity index (χ0) is 17.1. The number of amides is 1. The minimum Gasteiger partial charge on any atom is -0.442 e. The molecule has 2 aliphatic heterocycles. The molecule has 8 heteroatoms. The summed E-state index contributed by atoms with van der Waals surface area (Å²) in [6, 6.07) is 4.90. The number of piperazine rings is 1. The van der Waals surface area contributed by atoms with Gasteiger partial charge in [-0.15, -0.1) is 0 Å². The molecule has 0 aromatic heterocycles. The van der Waals surface area contributed by atoms with Crippen molar-refractivity contribution in [3.63, 3.8) is 0 Å². The molecule has 2 fully saturated rings. The highest BCUT2D eigenvalue weighted by atomic mass is 32.1. The van der Waals surface area contributed by atoms with Crippen LogP contribution in [0.2, 0.25) is 0 Å². The van der Waals surface area contributed by atoms with Crippen molar-refractivity contribution in [3.8, 4) is 0 Å². The molecular formula is C16H21FN4O2S. The fourth-order valence-electron chi connectivity index (χ4n) is 2.92. The molecule has 130 valence electrons. The predicted octanol–water partition coefficient (Wildman–Crippen LogP) is 1.50. The first-order chi connectivity index (χ1) is 11.5. The Morgan fingerprint density at radius 1 is 1.46 bits per heavy atom. The maximum Gasteiger partial charge on any atom is 0.414 e. The Morgan fingerprint density at radius 3 is 2.88 bits per heavy atom. The lowest BCUT2D eigenvalue weighted by molar-refractivity contribution is 0.143. The monoisotopic (exact) mass is 352 g/mol. The average Bonchev–Trinajstić information content (AvgIpc) is 2.94. The first-order valence-corrected chi connectivity index (χ1v) is 8.43. The van der Waals surface area contributed by atoms with Gasteiger partial charge in [0.2, 0.25) is 0 Å². The number of halogens is 1. The van der Waals surface area contributed by atoms with Gasteiger partial charge in [-0.05, 0) is 25.1 Å². The summed E-state index contributed by atoms with van der Waals surface area (Å²) in [6.07, 6.45) is -0.760. The van der Waals surface area contributed by atoms with Gasteiger partial charge in [-0.25, -0.2) is 9.18 Å². The summed E-state index contributed by atoms with van der Waals surface area (Å²) in [5.74, 6) is -0.321. The number of ether oxygens (including phenoxy) is 1. The molecule has 0 spiro atoms. The summed E-state index contributed by atoms with van der Waals surface area (Å²) < 4.78 is 19.8. The van der Waals surface area contributed by atoms with Crippen LogP contribution in [-0.4, -0.2) is 56.5 Å². The van der Waals surface area contributed by atoms with Crippen molar-refractivity contribution in [2.24, 2.45) is 0 Å². The molecule has 1 aromatic rings. The maximum atomic E-state index is 14.5. The van der Waals surface area contributed by atoms with E-state index in [9.17, 15) is 9.18 Å². The van der Waals surface area contributed by atoms with Gasteiger partial charge in [-0.3, -0.25) is 4.90 Å². The van der Waals surface area contributed by atoms with E-state index in [1.807, 2.05) is 4.90 Å². The number of thiocarbonyl (C=S) groups is 1. The van der Waals surface area contributed by atoms with Gasteiger partial charge in [0, 0.05) is 26.2 Å². The number of cyclic esters (lactones) is 1. The molecule has 1 amide bonds. The van der Waals surface area contributed by atoms with E-state index in [0.717, 1.165) is 26.2 Å². The fraction of sp³-hybridized carbons (Fsp3) is 0.500. The van der Waals surface area contributed by atoms with Crippen LogP contribution in [0.4, 0.5) is 20.6 Å². The Labute approximate surface area is 145 Å². The first-order valence-electron chi connectivity index (χ1n) is 8.02. The van der Waals surface area contributed by atoms with E-state index >= 15 is 0 Å². The van der Waals surface area contributed by atoms with Crippen LogP contribution in [0.15, 0.2) is 18.2 Å². The molecule has 1 unspecified atom stereocenters. The summed E-state index contributed by atoms with van der Waals surface area (Å²) in [4.78, 5) is 16.1. The number of hydrogen-bond donors (Lipinski definition) is 2. The second kappa shape index (κ2) is 7.31. The number of benzene rings is 1. The van der Waals surface area contributed by atoms with Gasteiger partial charge in [0.1, 0.15) is 11.9 Å². The SMILES string of the molecule is CC(=S)NCC1CN(c2ccc(N3CCNCC3)c(F)c2)C(=O)O1. The Bertz CT molecular complexity index is 637. The second-order valence-electron chi connectivity index (χ2n) is 5.93. The van der Waals surface area contributed by atoms with Crippen LogP contribution in [0.1, 0.15) is 6.92 Å². The molecule has 2 heterocycles. The number of anilines is 2. The van der Waals surface area contributed by atoms with Crippen LogP contribution < -0.4 is 20.4 Å². The Balaban J connectivity index is 1.69. The molecule has 2 N–H and O–H groups in total. The zero-order valence-corrected chi connectivity index (χ0v) is 14.4. The zero-order valence-electron chi connectivity index (χ0n) is 13.5. The number of carbonyl (C=O) groups excluding carboxylic acids is 1. The fourth-order valence-corrected chi connectivity index (χ4v) is 3.01. The quantitative estimate of drug-likeness (QED) is 0.801. The van der Waals surface area contributed by atoms with Crippen molar-refractivity contribution in [2.45, 2.75) is 13.0 Å². The van der Waals surface area contributed by atoms with Crippen LogP contribution in [0.25, 0.3) is 0 Å². The van der Waals surface area contributed by atoms with Crippen molar-refractivity contribution >= 4 is 34.7 Å². The molecule has 2 aliphatic rings. The van der Waals surface area contributed by atoms with E-state index in [1.54, 1.807) is 19.1 Å². The highest BCUT2D eigenvalue weighted by molar-refractivity contribution is 7.80. The van der Waals surface area contributed by atoms with Crippen LogP contribution in [-0.2, 0) is 4.74 Å². The molecule has 0 radical (unpaired) electrons. The maximum absolute atomic E-state index is 14.5. The van der Waals surface area contributed by atoms with Gasteiger partial charge in [0.05, 0.1) is 29.5 Å². The lowest BCUT2D eigenvalue weighted by atomic mass is 10.2. The molecular weight excluding hydrogens is 331 g/mol. The van der Waals surface area contributed by atoms with E-state index in [2.05, 4.69) is 10.6 Å². The number of hydrogen-bond acceptors (Lipinski definition) is 5. The Kier molecular flexibility index (Phi) is 5.15. The minimum atomic E-state index is -0.460. The number of carbonyl (C=O) groups is 1. The molecule has 2 saturated heterocycles. The average molecular weight is 352 g/mol. The molecule has 3 rings (SSSR count). The van der Waals surface area contributed by atoms with Crippen molar-refractivity contribution in [1.82, 2.24) is 10.6 Å². The first kappa shape index (κ1) is 16.9. The molecule has 1 aromatic carbocycles. The van der Waals surface area contributed by atoms with Gasteiger partial charge in [-0.1, -0.05) is 12.2 Å². The standard InChI is InChI=1S/C16H21FN4O2S/c1-11(24)19-9-13-10-21(16(22)23-13)12-2-3-15(14(17)8-12)20-6-4-18-5-7-20/h2-3,8,13,18H,4-7,9-10H2,1H3,(H,19,24). The molecule has 0 saturated carbocycles. The van der Waals surface area contributed by atoms with E-state index in [0.29, 0.717) is 29.5 Å². The summed E-state index contributed by atoms with van der Waals surface area (Å²) >= 11 is 4.95. The largest absolute Gasteiger partial charge is 0.442 e. The topological polar surface area (TPSA) is 56.8 Å². The molecule has 24 heavy (non-hydrogen) atoms. The third kappa shape index (κ3) is 3.76. The van der Waals surface area contributed by atoms with Gasteiger partial charge in [0.15, 0.2) is 0 Å². The number of nitrogens with one attached hydrogen (secondary N) is 2. The smallest absolute Gasteiger partial charge is 0.414 e. The van der Waals surface area contributed by atoms with Crippen molar-refractivity contribution < 1.29 is 13.9 Å². The second-order valence-corrected chi connectivity index (χ2v) is 6.54. The van der Waals surface area contributed by atoms with E-state index in [4.69, 9.17) is 17.0 Å². The summed E-state index contributed by atoms with van der Waals surface area (Å²) in [7, 11) is 0. The number of nitrogens with zero attached hydrogens (tertiary/aromatic N) is 2. The predicted molar refractivity (Wildman–Crippen MR) is 95.4 cm³/mol. The Hall–Kier alpha value is -1.93.